The third kappa shape index (κ3) is 6.13. The quantitative estimate of drug-likeness (QED) is 0.438. The van der Waals surface area contributed by atoms with E-state index in [-0.39, 0.29) is 28.7 Å². The molecule has 0 spiro atoms. The smallest absolute Gasteiger partial charge is 1.00 e. The summed E-state index contributed by atoms with van der Waals surface area (Å²) in [6.45, 7) is 0. The molecule has 0 radical (unpaired) electrons. The van der Waals surface area contributed by atoms with Crippen LogP contribution in [0.1, 0.15) is 54.2 Å². The van der Waals surface area contributed by atoms with E-state index in [0.717, 1.165) is 18.8 Å². The van der Waals surface area contributed by atoms with E-state index in [1.807, 2.05) is 12.2 Å². The molecule has 0 atom stereocenters. The van der Waals surface area contributed by atoms with Gasteiger partial charge in [0.25, 0.3) is 0 Å². The predicted octanol–water partition coefficient (Wildman–Crippen LogP) is 5.17. The first kappa shape index (κ1) is 15.9. The summed E-state index contributed by atoms with van der Waals surface area (Å²) in [5.41, 5.74) is 1.47. The van der Waals surface area contributed by atoms with E-state index < -0.39 is 0 Å². The first-order chi connectivity index (χ1) is 8.45. The van der Waals surface area contributed by atoms with Crippen molar-refractivity contribution in [1.82, 2.24) is 0 Å². The Morgan fingerprint density at radius 1 is 1.11 bits per heavy atom. The minimum atomic E-state index is 0. The Balaban J connectivity index is 0. The summed E-state index contributed by atoms with van der Waals surface area (Å²) in [4.78, 5) is 0. The molecule has 0 N–H and O–H groups in total. The van der Waals surface area contributed by atoms with Gasteiger partial charge in [0.05, 0.1) is 0 Å². The average Bonchev–Trinajstić information content (AvgIpc) is 3.06. The second-order valence-electron chi connectivity index (χ2n) is 5.02. The maximum Gasteiger partial charge on any atom is 4.00 e. The van der Waals surface area contributed by atoms with Crippen LogP contribution in [-0.4, -0.2) is 0 Å². The zero-order valence-electron chi connectivity index (χ0n) is 13.1. The predicted molar refractivity (Wildman–Crippen MR) is 75.5 cm³/mol. The van der Waals surface area contributed by atoms with Crippen LogP contribution in [-0.2, 0) is 25.8 Å². The van der Waals surface area contributed by atoms with Gasteiger partial charge in [-0.2, -0.15) is 12.2 Å². The topological polar surface area (TPSA) is 0 Å². The largest absolute Gasteiger partial charge is 4.00 e. The Bertz CT molecular complexity index is 327. The first-order valence-corrected chi connectivity index (χ1v) is 6.93. The molecule has 96 valence electrons. The van der Waals surface area contributed by atoms with E-state index in [4.69, 9.17) is 0 Å². The van der Waals surface area contributed by atoms with Crippen molar-refractivity contribution >= 4 is 0 Å². The molecule has 0 aromatic carbocycles. The summed E-state index contributed by atoms with van der Waals surface area (Å²) in [7, 11) is 0. The van der Waals surface area contributed by atoms with E-state index in [0.29, 0.717) is 0 Å². The number of hydrogen-bond acceptors (Lipinski definition) is 0. The van der Waals surface area contributed by atoms with Gasteiger partial charge in [-0.25, -0.2) is 23.8 Å². The molecule has 0 amide bonds. The second-order valence-corrected chi connectivity index (χ2v) is 5.02. The zero-order valence-corrected chi connectivity index (χ0v) is 14.7. The Labute approximate surface area is 134 Å². The van der Waals surface area contributed by atoms with Gasteiger partial charge in [0.15, 0.2) is 0 Å². The van der Waals surface area contributed by atoms with E-state index in [1.54, 1.807) is 0 Å². The molecular weight excluding hydrogens is 383 g/mol. The van der Waals surface area contributed by atoms with Crippen LogP contribution in [0.4, 0.5) is 0 Å². The summed E-state index contributed by atoms with van der Waals surface area (Å²) in [6, 6.07) is 0. The van der Waals surface area contributed by atoms with Crippen molar-refractivity contribution in [3.05, 3.63) is 48.1 Å². The summed E-state index contributed by atoms with van der Waals surface area (Å²) >= 11 is 0. The van der Waals surface area contributed by atoms with Crippen LogP contribution in [0.3, 0.4) is 0 Å². The number of rotatable bonds is 2. The van der Waals surface area contributed by atoms with Crippen molar-refractivity contribution in [2.75, 3.05) is 0 Å². The van der Waals surface area contributed by atoms with Gasteiger partial charge in [-0.3, -0.25) is 12.2 Å². The Hall–Kier alpha value is -0.170. The van der Waals surface area contributed by atoms with Crippen LogP contribution in [0.5, 0.6) is 0 Å². The fourth-order valence-electron chi connectivity index (χ4n) is 2.63. The van der Waals surface area contributed by atoms with Crippen molar-refractivity contribution in [3.63, 3.8) is 0 Å². The van der Waals surface area contributed by atoms with Gasteiger partial charge < -0.3 is 2.85 Å². The minimum absolute atomic E-state index is 0. The fourth-order valence-corrected chi connectivity index (χ4v) is 2.63. The summed E-state index contributed by atoms with van der Waals surface area (Å²) in [5.74, 6) is 0.976. The zero-order chi connectivity index (χ0) is 11.8. The third-order valence-corrected chi connectivity index (χ3v) is 3.59. The van der Waals surface area contributed by atoms with Gasteiger partial charge in [-0.05, 0) is 5.92 Å². The molecule has 0 bridgehead atoms. The molecule has 3 rings (SSSR count). The van der Waals surface area contributed by atoms with Gasteiger partial charge >= 0.3 is 25.8 Å². The van der Waals surface area contributed by atoms with Gasteiger partial charge in [0.1, 0.15) is 0 Å². The molecule has 1 saturated carbocycles. The Kier molecular flexibility index (Phi) is 8.58. The van der Waals surface area contributed by atoms with Crippen LogP contribution in [0.15, 0.2) is 36.0 Å². The van der Waals surface area contributed by atoms with E-state index in [1.165, 1.54) is 44.1 Å². The number of hydrogen-bond donors (Lipinski definition) is 0. The molecule has 0 aliphatic heterocycles. The van der Waals surface area contributed by atoms with Crippen molar-refractivity contribution in [3.8, 4) is 0 Å². The monoisotopic (exact) mass is 408 g/mol. The van der Waals surface area contributed by atoms with Gasteiger partial charge in [0, 0.05) is 0 Å². The van der Waals surface area contributed by atoms with E-state index in [2.05, 4.69) is 30.4 Å². The van der Waals surface area contributed by atoms with Crippen molar-refractivity contribution in [2.45, 2.75) is 51.4 Å². The molecule has 0 heterocycles. The summed E-state index contributed by atoms with van der Waals surface area (Å²) in [5, 5.41) is 0. The maximum absolute atomic E-state index is 3.41. The molecule has 1 heteroatoms. The Morgan fingerprint density at radius 3 is 2.44 bits per heavy atom. The van der Waals surface area contributed by atoms with Gasteiger partial charge in [0.2, 0.25) is 0 Å². The van der Waals surface area contributed by atoms with E-state index in [9.17, 15) is 0 Å². The standard InChI is InChI=1S/C12H17.C5H5.Hf.2H/c1-2-6-11(7-3-1)10-12-8-4-5-9-12;1-2-4-5-3-1;;;/h4,8,11H,1-3,5-7,10H2;1-3H,4H2;;;/q2*-1;+4;2*-1. The van der Waals surface area contributed by atoms with Gasteiger partial charge in [-0.15, -0.1) is 12.8 Å². The normalized spacial score (nSPS) is 21.2. The third-order valence-electron chi connectivity index (χ3n) is 3.59. The van der Waals surface area contributed by atoms with Gasteiger partial charge in [-0.1, -0.05) is 38.5 Å². The maximum atomic E-state index is 3.41. The average molecular weight is 407 g/mol. The molecule has 0 aromatic rings. The molecule has 18 heavy (non-hydrogen) atoms. The number of allylic oxidation sites excluding steroid dienone is 8. The molecule has 3 aliphatic rings. The molecule has 1 fully saturated rings. The van der Waals surface area contributed by atoms with Crippen LogP contribution < -0.4 is 0 Å². The van der Waals surface area contributed by atoms with Crippen molar-refractivity contribution < 1.29 is 28.7 Å². The fraction of sp³-hybridized carbons (Fsp3) is 0.529. The van der Waals surface area contributed by atoms with E-state index >= 15 is 0 Å². The molecule has 0 nitrogen and oxygen atoms in total. The first-order valence-electron chi connectivity index (χ1n) is 6.93. The minimum Gasteiger partial charge on any atom is -1.00 e. The van der Waals surface area contributed by atoms with Crippen LogP contribution in [0.25, 0.3) is 0 Å². The van der Waals surface area contributed by atoms with Crippen LogP contribution in [0.2, 0.25) is 0 Å². The Morgan fingerprint density at radius 2 is 1.94 bits per heavy atom. The molecule has 0 unspecified atom stereocenters. The van der Waals surface area contributed by atoms with Crippen molar-refractivity contribution in [2.24, 2.45) is 5.92 Å². The molecule has 0 aromatic heterocycles. The molecule has 0 saturated heterocycles. The second kappa shape index (κ2) is 9.72. The summed E-state index contributed by atoms with van der Waals surface area (Å²) < 4.78 is 0. The molecule has 3 aliphatic carbocycles. The van der Waals surface area contributed by atoms with Crippen LogP contribution >= 0.6 is 0 Å². The van der Waals surface area contributed by atoms with Crippen molar-refractivity contribution in [1.29, 1.82) is 0 Å². The molecular formula is C17H24Hf. The summed E-state index contributed by atoms with van der Waals surface area (Å²) in [6.07, 6.45) is 27.6. The SMILES string of the molecule is [C-]1=C(CC2CCCCC2)C=CC1.[C-]1=CC=CC1.[H-].[H-].[Hf+4]. The van der Waals surface area contributed by atoms with Crippen LogP contribution in [0, 0.1) is 18.1 Å².